The average Bonchev–Trinajstić information content (AvgIpc) is 2.86. The lowest BCUT2D eigenvalue weighted by Gasteiger charge is -1.98. The molecule has 0 saturated carbocycles. The SMILES string of the molecule is Brc1cc(-c2nnn[nH]2)c2cn[nH]c2c1. The van der Waals surface area contributed by atoms with E-state index in [1.54, 1.807) is 6.20 Å². The van der Waals surface area contributed by atoms with Crippen LogP contribution in [0.4, 0.5) is 0 Å². The Kier molecular flexibility index (Phi) is 1.78. The highest BCUT2D eigenvalue weighted by Crippen LogP contribution is 2.28. The van der Waals surface area contributed by atoms with Crippen molar-refractivity contribution in [1.82, 2.24) is 30.8 Å². The first-order chi connectivity index (χ1) is 7.34. The monoisotopic (exact) mass is 264 g/mol. The number of halogens is 1. The van der Waals surface area contributed by atoms with Crippen molar-refractivity contribution in [3.05, 3.63) is 22.8 Å². The number of H-pyrrole nitrogens is 2. The third kappa shape index (κ3) is 1.32. The molecule has 2 N–H and O–H groups in total. The van der Waals surface area contributed by atoms with E-state index in [2.05, 4.69) is 46.8 Å². The molecule has 0 atom stereocenters. The Morgan fingerprint density at radius 1 is 1.20 bits per heavy atom. The zero-order chi connectivity index (χ0) is 10.3. The number of hydrogen-bond acceptors (Lipinski definition) is 4. The third-order valence-corrected chi connectivity index (χ3v) is 2.58. The van der Waals surface area contributed by atoms with Crippen molar-refractivity contribution in [2.75, 3.05) is 0 Å². The highest BCUT2D eigenvalue weighted by atomic mass is 79.9. The van der Waals surface area contributed by atoms with Crippen molar-refractivity contribution in [1.29, 1.82) is 0 Å². The average molecular weight is 265 g/mol. The van der Waals surface area contributed by atoms with Gasteiger partial charge < -0.3 is 0 Å². The molecule has 0 aliphatic rings. The normalized spacial score (nSPS) is 11.0. The Labute approximate surface area is 92.2 Å². The zero-order valence-electron chi connectivity index (χ0n) is 7.40. The lowest BCUT2D eigenvalue weighted by Crippen LogP contribution is -1.83. The highest BCUT2D eigenvalue weighted by molar-refractivity contribution is 9.10. The summed E-state index contributed by atoms with van der Waals surface area (Å²) in [5, 5.41) is 21.6. The number of benzene rings is 1. The van der Waals surface area contributed by atoms with Gasteiger partial charge in [-0.2, -0.15) is 5.10 Å². The minimum absolute atomic E-state index is 0.628. The molecule has 0 aliphatic carbocycles. The second-order valence-electron chi connectivity index (χ2n) is 3.03. The summed E-state index contributed by atoms with van der Waals surface area (Å²) in [6.07, 6.45) is 1.75. The molecule has 3 aromatic rings. The van der Waals surface area contributed by atoms with Gasteiger partial charge >= 0.3 is 0 Å². The van der Waals surface area contributed by atoms with Gasteiger partial charge in [-0.25, -0.2) is 5.10 Å². The molecule has 1 aromatic carbocycles. The maximum Gasteiger partial charge on any atom is 0.180 e. The maximum atomic E-state index is 3.98. The van der Waals surface area contributed by atoms with Crippen LogP contribution in [-0.4, -0.2) is 30.8 Å². The molecule has 0 spiro atoms. The Morgan fingerprint density at radius 2 is 2.13 bits per heavy atom. The highest BCUT2D eigenvalue weighted by Gasteiger charge is 2.09. The summed E-state index contributed by atoms with van der Waals surface area (Å²) >= 11 is 3.42. The third-order valence-electron chi connectivity index (χ3n) is 2.12. The number of hydrogen-bond donors (Lipinski definition) is 2. The van der Waals surface area contributed by atoms with Crippen LogP contribution >= 0.6 is 15.9 Å². The summed E-state index contributed by atoms with van der Waals surface area (Å²) in [6, 6.07) is 3.90. The van der Waals surface area contributed by atoms with Gasteiger partial charge in [-0.05, 0) is 22.6 Å². The molecule has 3 rings (SSSR count). The van der Waals surface area contributed by atoms with Gasteiger partial charge in [0, 0.05) is 15.4 Å². The Hall–Kier alpha value is -1.76. The molecule has 0 radical (unpaired) electrons. The molecule has 15 heavy (non-hydrogen) atoms. The summed E-state index contributed by atoms with van der Waals surface area (Å²) in [4.78, 5) is 0. The molecule has 0 saturated heterocycles. The van der Waals surface area contributed by atoms with Crippen molar-refractivity contribution < 1.29 is 0 Å². The number of aromatic amines is 2. The second kappa shape index (κ2) is 3.13. The largest absolute Gasteiger partial charge is 0.278 e. The van der Waals surface area contributed by atoms with Crippen LogP contribution in [-0.2, 0) is 0 Å². The van der Waals surface area contributed by atoms with Crippen LogP contribution in [0.2, 0.25) is 0 Å². The van der Waals surface area contributed by atoms with Crippen LogP contribution in [0.1, 0.15) is 0 Å². The fraction of sp³-hybridized carbons (Fsp3) is 0. The van der Waals surface area contributed by atoms with E-state index < -0.39 is 0 Å². The van der Waals surface area contributed by atoms with E-state index in [1.807, 2.05) is 12.1 Å². The van der Waals surface area contributed by atoms with Crippen molar-refractivity contribution >= 4 is 26.8 Å². The Bertz CT molecular complexity index is 599. The summed E-state index contributed by atoms with van der Waals surface area (Å²) < 4.78 is 0.950. The summed E-state index contributed by atoms with van der Waals surface area (Å²) in [6.45, 7) is 0. The van der Waals surface area contributed by atoms with Gasteiger partial charge in [0.05, 0.1) is 11.7 Å². The van der Waals surface area contributed by atoms with Crippen LogP contribution in [0.15, 0.2) is 22.8 Å². The molecular formula is C8H5BrN6. The van der Waals surface area contributed by atoms with Gasteiger partial charge in [0.25, 0.3) is 0 Å². The Morgan fingerprint density at radius 3 is 2.93 bits per heavy atom. The van der Waals surface area contributed by atoms with E-state index in [0.29, 0.717) is 5.82 Å². The van der Waals surface area contributed by atoms with Gasteiger partial charge in [-0.1, -0.05) is 15.9 Å². The summed E-state index contributed by atoms with van der Waals surface area (Å²) in [5.74, 6) is 0.628. The number of fused-ring (bicyclic) bond motifs is 1. The van der Waals surface area contributed by atoms with Gasteiger partial charge in [-0.15, -0.1) is 5.10 Å². The Balaban J connectivity index is 2.38. The first-order valence-corrected chi connectivity index (χ1v) is 5.00. The quantitative estimate of drug-likeness (QED) is 0.698. The fourth-order valence-corrected chi connectivity index (χ4v) is 1.94. The van der Waals surface area contributed by atoms with Crippen LogP contribution in [0.25, 0.3) is 22.3 Å². The smallest absolute Gasteiger partial charge is 0.180 e. The molecule has 7 heteroatoms. The van der Waals surface area contributed by atoms with E-state index in [0.717, 1.165) is 20.9 Å². The zero-order valence-corrected chi connectivity index (χ0v) is 8.98. The summed E-state index contributed by atoms with van der Waals surface area (Å²) in [7, 11) is 0. The lowest BCUT2D eigenvalue weighted by atomic mass is 10.1. The first kappa shape index (κ1) is 8.54. The van der Waals surface area contributed by atoms with E-state index in [9.17, 15) is 0 Å². The molecule has 0 aliphatic heterocycles. The van der Waals surface area contributed by atoms with Crippen molar-refractivity contribution in [2.24, 2.45) is 0 Å². The molecule has 74 valence electrons. The van der Waals surface area contributed by atoms with Crippen molar-refractivity contribution in [2.45, 2.75) is 0 Å². The number of nitrogens with one attached hydrogen (secondary N) is 2. The number of tetrazole rings is 1. The second-order valence-corrected chi connectivity index (χ2v) is 3.95. The minimum Gasteiger partial charge on any atom is -0.278 e. The topological polar surface area (TPSA) is 83.1 Å². The van der Waals surface area contributed by atoms with E-state index in [4.69, 9.17) is 0 Å². The van der Waals surface area contributed by atoms with Gasteiger partial charge in [0.1, 0.15) is 0 Å². The first-order valence-electron chi connectivity index (χ1n) is 4.21. The van der Waals surface area contributed by atoms with Gasteiger partial charge in [-0.3, -0.25) is 5.10 Å². The lowest BCUT2D eigenvalue weighted by molar-refractivity contribution is 0.881. The van der Waals surface area contributed by atoms with Crippen LogP contribution in [0, 0.1) is 0 Å². The van der Waals surface area contributed by atoms with Crippen molar-refractivity contribution in [3.63, 3.8) is 0 Å². The van der Waals surface area contributed by atoms with Crippen molar-refractivity contribution in [3.8, 4) is 11.4 Å². The maximum absolute atomic E-state index is 3.98. The molecular weight excluding hydrogens is 260 g/mol. The minimum atomic E-state index is 0.628. The number of rotatable bonds is 1. The van der Waals surface area contributed by atoms with E-state index in [-0.39, 0.29) is 0 Å². The molecule has 2 heterocycles. The number of aromatic nitrogens is 6. The predicted octanol–water partition coefficient (Wildman–Crippen LogP) is 1.51. The number of nitrogens with zero attached hydrogens (tertiary/aromatic N) is 4. The summed E-state index contributed by atoms with van der Waals surface area (Å²) in [5.41, 5.74) is 1.86. The van der Waals surface area contributed by atoms with Gasteiger partial charge in [0.15, 0.2) is 5.82 Å². The molecule has 0 bridgehead atoms. The molecule has 0 fully saturated rings. The van der Waals surface area contributed by atoms with E-state index >= 15 is 0 Å². The van der Waals surface area contributed by atoms with Crippen LogP contribution in [0.3, 0.4) is 0 Å². The predicted molar refractivity (Wildman–Crippen MR) is 57.0 cm³/mol. The molecule has 6 nitrogen and oxygen atoms in total. The molecule has 2 aromatic heterocycles. The van der Waals surface area contributed by atoms with Crippen LogP contribution < -0.4 is 0 Å². The standard InChI is InChI=1S/C8H5BrN6/c9-4-1-5(8-12-14-15-13-8)6-3-10-11-7(6)2-4/h1-3H,(H,10,11)(H,12,13,14,15). The molecule has 0 amide bonds. The van der Waals surface area contributed by atoms with E-state index in [1.165, 1.54) is 0 Å². The van der Waals surface area contributed by atoms with Gasteiger partial charge in [0.2, 0.25) is 0 Å². The van der Waals surface area contributed by atoms with Crippen LogP contribution in [0.5, 0.6) is 0 Å². The fourth-order valence-electron chi connectivity index (χ4n) is 1.49. The molecule has 0 unspecified atom stereocenters.